The normalized spacial score (nSPS) is 14.4. The first-order valence-electron chi connectivity index (χ1n) is 5.96. The average Bonchev–Trinajstić information content (AvgIpc) is 2.94. The van der Waals surface area contributed by atoms with Gasteiger partial charge in [0.2, 0.25) is 5.13 Å². The van der Waals surface area contributed by atoms with Gasteiger partial charge in [0.05, 0.1) is 5.25 Å². The van der Waals surface area contributed by atoms with Gasteiger partial charge in [-0.25, -0.2) is 0 Å². The molecular weight excluding hydrogens is 280 g/mol. The van der Waals surface area contributed by atoms with Crippen LogP contribution in [0.4, 0.5) is 5.13 Å². The third kappa shape index (κ3) is 3.49. The molecule has 0 aliphatic carbocycles. The summed E-state index contributed by atoms with van der Waals surface area (Å²) in [6.45, 7) is 3.91. The first-order valence-corrected chi connectivity index (χ1v) is 7.66. The molecule has 0 bridgehead atoms. The lowest BCUT2D eigenvalue weighted by molar-refractivity contribution is 0.464. The van der Waals surface area contributed by atoms with Crippen molar-refractivity contribution in [3.8, 4) is 0 Å². The number of aromatic nitrogens is 2. The third-order valence-electron chi connectivity index (χ3n) is 2.53. The van der Waals surface area contributed by atoms with E-state index in [2.05, 4.69) is 10.2 Å². The quantitative estimate of drug-likeness (QED) is 0.856. The lowest BCUT2D eigenvalue weighted by Crippen LogP contribution is -2.22. The number of nitrogens with two attached hydrogens (primary N) is 1. The van der Waals surface area contributed by atoms with Gasteiger partial charge in [-0.2, -0.15) is 0 Å². The van der Waals surface area contributed by atoms with Crippen molar-refractivity contribution in [3.05, 3.63) is 23.7 Å². The average molecular weight is 298 g/mol. The van der Waals surface area contributed by atoms with E-state index in [-0.39, 0.29) is 11.3 Å². The molecule has 7 heteroatoms. The Balaban J connectivity index is 2.16. The molecule has 2 heterocycles. The maximum absolute atomic E-state index is 6.06. The summed E-state index contributed by atoms with van der Waals surface area (Å²) in [6, 6.07) is 3.91. The van der Waals surface area contributed by atoms with Crippen molar-refractivity contribution in [2.45, 2.75) is 29.5 Å². The molecule has 2 rings (SSSR count). The molecule has 0 radical (unpaired) electrons. The van der Waals surface area contributed by atoms with E-state index in [4.69, 9.17) is 10.2 Å². The van der Waals surface area contributed by atoms with Crippen molar-refractivity contribution < 1.29 is 4.42 Å². The van der Waals surface area contributed by atoms with Crippen LogP contribution in [0.15, 0.2) is 20.9 Å². The third-order valence-corrected chi connectivity index (χ3v) is 5.15. The molecule has 0 aromatic carbocycles. The lowest BCUT2D eigenvalue weighted by atomic mass is 10.2. The van der Waals surface area contributed by atoms with Crippen LogP contribution in [0.1, 0.15) is 23.7 Å². The Labute approximate surface area is 121 Å². The number of hydrogen-bond donors (Lipinski definition) is 1. The minimum atomic E-state index is -0.0257. The predicted molar refractivity (Wildman–Crippen MR) is 79.9 cm³/mol. The van der Waals surface area contributed by atoms with E-state index < -0.39 is 0 Å². The summed E-state index contributed by atoms with van der Waals surface area (Å²) in [7, 11) is 3.90. The van der Waals surface area contributed by atoms with Gasteiger partial charge in [-0.1, -0.05) is 23.1 Å². The fraction of sp³-hybridized carbons (Fsp3) is 0.500. The van der Waals surface area contributed by atoms with Gasteiger partial charge in [0.1, 0.15) is 11.5 Å². The Morgan fingerprint density at radius 2 is 2.11 bits per heavy atom. The fourth-order valence-corrected chi connectivity index (χ4v) is 3.56. The summed E-state index contributed by atoms with van der Waals surface area (Å²) >= 11 is 3.16. The minimum absolute atomic E-state index is 0.0257. The van der Waals surface area contributed by atoms with Crippen LogP contribution in [0, 0.1) is 6.92 Å². The lowest BCUT2D eigenvalue weighted by Gasteiger charge is -2.16. The van der Waals surface area contributed by atoms with E-state index in [0.29, 0.717) is 0 Å². The molecule has 19 heavy (non-hydrogen) atoms. The Kier molecular flexibility index (Phi) is 4.49. The van der Waals surface area contributed by atoms with Crippen LogP contribution in [0.3, 0.4) is 0 Å². The van der Waals surface area contributed by atoms with E-state index in [0.717, 1.165) is 21.0 Å². The highest BCUT2D eigenvalue weighted by atomic mass is 32.2. The van der Waals surface area contributed by atoms with Crippen molar-refractivity contribution in [1.29, 1.82) is 0 Å². The zero-order valence-electron chi connectivity index (χ0n) is 11.5. The van der Waals surface area contributed by atoms with E-state index in [1.165, 1.54) is 0 Å². The van der Waals surface area contributed by atoms with Gasteiger partial charge in [0, 0.05) is 20.1 Å². The summed E-state index contributed by atoms with van der Waals surface area (Å²) in [5.74, 6) is 1.78. The second-order valence-corrected chi connectivity index (χ2v) is 6.94. The second-order valence-electron chi connectivity index (χ2n) is 4.59. The van der Waals surface area contributed by atoms with E-state index in [1.54, 1.807) is 23.1 Å². The SMILES string of the molecule is Cc1ccc(C(Sc2nnc(N(C)C)s2)C(C)N)o1. The molecule has 2 atom stereocenters. The molecule has 0 amide bonds. The van der Waals surface area contributed by atoms with Crippen LogP contribution < -0.4 is 10.6 Å². The Morgan fingerprint density at radius 3 is 2.58 bits per heavy atom. The molecule has 104 valence electrons. The first-order chi connectivity index (χ1) is 8.97. The van der Waals surface area contributed by atoms with Crippen LogP contribution in [-0.2, 0) is 0 Å². The highest BCUT2D eigenvalue weighted by Crippen LogP contribution is 2.40. The predicted octanol–water partition coefficient (Wildman–Crippen LogP) is 2.69. The molecule has 0 saturated carbocycles. The van der Waals surface area contributed by atoms with E-state index >= 15 is 0 Å². The molecule has 0 spiro atoms. The molecular formula is C12H18N4OS2. The highest BCUT2D eigenvalue weighted by Gasteiger charge is 2.23. The topological polar surface area (TPSA) is 68.2 Å². The summed E-state index contributed by atoms with van der Waals surface area (Å²) in [5.41, 5.74) is 6.06. The molecule has 2 unspecified atom stereocenters. The summed E-state index contributed by atoms with van der Waals surface area (Å²) in [4.78, 5) is 1.94. The monoisotopic (exact) mass is 298 g/mol. The van der Waals surface area contributed by atoms with Gasteiger partial charge in [0.25, 0.3) is 0 Å². The van der Waals surface area contributed by atoms with E-state index in [9.17, 15) is 0 Å². The molecule has 0 aliphatic heterocycles. The van der Waals surface area contributed by atoms with Crippen LogP contribution >= 0.6 is 23.1 Å². The Hall–Kier alpha value is -1.05. The largest absolute Gasteiger partial charge is 0.465 e. The van der Waals surface area contributed by atoms with Crippen molar-refractivity contribution in [3.63, 3.8) is 0 Å². The minimum Gasteiger partial charge on any atom is -0.465 e. The van der Waals surface area contributed by atoms with Gasteiger partial charge >= 0.3 is 0 Å². The molecule has 2 aromatic heterocycles. The zero-order chi connectivity index (χ0) is 14.0. The van der Waals surface area contributed by atoms with Gasteiger partial charge in [-0.15, -0.1) is 10.2 Å². The number of aryl methyl sites for hydroxylation is 1. The molecule has 2 aromatic rings. The van der Waals surface area contributed by atoms with Crippen LogP contribution in [0.25, 0.3) is 0 Å². The van der Waals surface area contributed by atoms with E-state index in [1.807, 2.05) is 45.0 Å². The number of rotatable bonds is 5. The van der Waals surface area contributed by atoms with Gasteiger partial charge in [-0.3, -0.25) is 0 Å². The van der Waals surface area contributed by atoms with Crippen LogP contribution in [0.2, 0.25) is 0 Å². The maximum Gasteiger partial charge on any atom is 0.208 e. The molecule has 0 fully saturated rings. The van der Waals surface area contributed by atoms with Gasteiger partial charge in [0.15, 0.2) is 4.34 Å². The standard InChI is InChI=1S/C12H18N4OS2/c1-7-5-6-9(17-7)10(8(2)13)18-12-15-14-11(19-12)16(3)4/h5-6,8,10H,13H2,1-4H3. The molecule has 2 N–H and O–H groups in total. The van der Waals surface area contributed by atoms with Crippen LogP contribution in [-0.4, -0.2) is 30.3 Å². The number of furan rings is 1. The summed E-state index contributed by atoms with van der Waals surface area (Å²) < 4.78 is 6.58. The molecule has 0 aliphatic rings. The summed E-state index contributed by atoms with van der Waals surface area (Å²) in [5, 5.41) is 9.26. The van der Waals surface area contributed by atoms with Crippen molar-refractivity contribution in [2.75, 3.05) is 19.0 Å². The number of nitrogens with zero attached hydrogens (tertiary/aromatic N) is 3. The maximum atomic E-state index is 6.06. The Bertz CT molecular complexity index is 535. The highest BCUT2D eigenvalue weighted by molar-refractivity contribution is 8.01. The van der Waals surface area contributed by atoms with Crippen LogP contribution in [0.5, 0.6) is 0 Å². The molecule has 0 saturated heterocycles. The number of hydrogen-bond acceptors (Lipinski definition) is 7. The second kappa shape index (κ2) is 5.94. The smallest absolute Gasteiger partial charge is 0.208 e. The first kappa shape index (κ1) is 14.4. The van der Waals surface area contributed by atoms with Crippen molar-refractivity contribution >= 4 is 28.2 Å². The van der Waals surface area contributed by atoms with Gasteiger partial charge < -0.3 is 15.1 Å². The van der Waals surface area contributed by atoms with Crippen molar-refractivity contribution in [2.24, 2.45) is 5.73 Å². The van der Waals surface area contributed by atoms with Gasteiger partial charge in [-0.05, 0) is 26.0 Å². The number of thioether (sulfide) groups is 1. The zero-order valence-corrected chi connectivity index (χ0v) is 13.1. The Morgan fingerprint density at radius 1 is 1.37 bits per heavy atom. The van der Waals surface area contributed by atoms with Crippen molar-refractivity contribution in [1.82, 2.24) is 10.2 Å². The number of anilines is 1. The fourth-order valence-electron chi connectivity index (χ4n) is 1.57. The molecule has 5 nitrogen and oxygen atoms in total. The summed E-state index contributed by atoms with van der Waals surface area (Å²) in [6.07, 6.45) is 0.